The van der Waals surface area contributed by atoms with E-state index in [1.807, 2.05) is 84.9 Å². The number of halogens is 2. The number of hydrogen-bond acceptors (Lipinski definition) is 3. The number of carbonyl (C=O) groups excluding carboxylic acids is 2. The Bertz CT molecular complexity index is 2050. The number of hydrogen-bond donors (Lipinski definition) is 1. The van der Waals surface area contributed by atoms with Crippen LogP contribution >= 0.6 is 23.2 Å². The van der Waals surface area contributed by atoms with E-state index in [9.17, 15) is 14.7 Å². The molecule has 5 heteroatoms. The molecule has 0 aromatic heterocycles. The third-order valence-electron chi connectivity index (χ3n) is 7.97. The molecule has 1 N–H and O–H groups in total. The number of aromatic hydroxyl groups is 1. The molecule has 1 aliphatic carbocycles. The first-order chi connectivity index (χ1) is 20.4. The van der Waals surface area contributed by atoms with E-state index >= 15 is 0 Å². The fraction of sp³-hybridized carbons (Fsp3) is 0.0270. The van der Waals surface area contributed by atoms with Crippen LogP contribution in [0.2, 0.25) is 10.0 Å². The number of phenolic OH excluding ortho intramolecular Hbond substituents is 1. The number of carbonyl (C=O) groups is 2. The Morgan fingerprint density at radius 1 is 0.619 bits per heavy atom. The van der Waals surface area contributed by atoms with Crippen molar-refractivity contribution in [1.29, 1.82) is 0 Å². The molecule has 1 atom stereocenters. The smallest absolute Gasteiger partial charge is 0.194 e. The van der Waals surface area contributed by atoms with Gasteiger partial charge in [0.25, 0.3) is 0 Å². The first-order valence-corrected chi connectivity index (χ1v) is 14.2. The van der Waals surface area contributed by atoms with E-state index in [0.29, 0.717) is 32.3 Å². The minimum Gasteiger partial charge on any atom is -0.508 e. The maximum Gasteiger partial charge on any atom is 0.194 e. The minimum atomic E-state index is -0.179. The van der Waals surface area contributed by atoms with Crippen molar-refractivity contribution in [3.8, 4) is 16.9 Å². The molecule has 0 heterocycles. The fourth-order valence-corrected chi connectivity index (χ4v) is 6.48. The topological polar surface area (TPSA) is 54.4 Å². The summed E-state index contributed by atoms with van der Waals surface area (Å²) in [5.41, 5.74) is 7.44. The molecule has 3 nitrogen and oxygen atoms in total. The summed E-state index contributed by atoms with van der Waals surface area (Å²) in [5.74, 6) is -0.198. The summed E-state index contributed by atoms with van der Waals surface area (Å²) in [6.07, 6.45) is 0. The molecule has 0 amide bonds. The third kappa shape index (κ3) is 4.39. The quantitative estimate of drug-likeness (QED) is 0.205. The summed E-state index contributed by atoms with van der Waals surface area (Å²) < 4.78 is 0. The third-order valence-corrected chi connectivity index (χ3v) is 8.51. The largest absolute Gasteiger partial charge is 0.508 e. The summed E-state index contributed by atoms with van der Waals surface area (Å²) >= 11 is 12.4. The highest BCUT2D eigenvalue weighted by Crippen LogP contribution is 2.51. The van der Waals surface area contributed by atoms with Crippen molar-refractivity contribution in [3.63, 3.8) is 0 Å². The molecule has 0 aliphatic heterocycles. The van der Waals surface area contributed by atoms with Crippen LogP contribution in [0.4, 0.5) is 0 Å². The van der Waals surface area contributed by atoms with E-state index in [4.69, 9.17) is 23.2 Å². The first kappa shape index (κ1) is 26.2. The lowest BCUT2D eigenvalue weighted by atomic mass is 9.85. The highest BCUT2D eigenvalue weighted by molar-refractivity contribution is 6.37. The van der Waals surface area contributed by atoms with Gasteiger partial charge in [0.15, 0.2) is 11.6 Å². The van der Waals surface area contributed by atoms with Crippen molar-refractivity contribution < 1.29 is 14.7 Å². The van der Waals surface area contributed by atoms with Crippen molar-refractivity contribution in [1.82, 2.24) is 0 Å². The van der Waals surface area contributed by atoms with Crippen molar-refractivity contribution in [2.75, 3.05) is 0 Å². The summed E-state index contributed by atoms with van der Waals surface area (Å²) in [6.45, 7) is 0. The molecular weight excluding hydrogens is 563 g/mol. The van der Waals surface area contributed by atoms with Gasteiger partial charge in [-0.2, -0.15) is 0 Å². The van der Waals surface area contributed by atoms with Gasteiger partial charge in [-0.25, -0.2) is 0 Å². The molecule has 6 aromatic rings. The highest BCUT2D eigenvalue weighted by atomic mass is 35.5. The Kier molecular flexibility index (Phi) is 6.42. The predicted octanol–water partition coefficient (Wildman–Crippen LogP) is 9.47. The second-order valence-electron chi connectivity index (χ2n) is 10.4. The Balaban J connectivity index is 1.38. The van der Waals surface area contributed by atoms with Crippen molar-refractivity contribution in [3.05, 3.63) is 170 Å². The molecule has 0 saturated heterocycles. The number of benzene rings is 6. The molecule has 1 aliphatic rings. The minimum absolute atomic E-state index is 0.0346. The summed E-state index contributed by atoms with van der Waals surface area (Å²) in [4.78, 5) is 26.8. The van der Waals surface area contributed by atoms with E-state index in [1.165, 1.54) is 0 Å². The second kappa shape index (κ2) is 10.3. The Morgan fingerprint density at radius 3 is 2.10 bits per heavy atom. The molecule has 42 heavy (non-hydrogen) atoms. The van der Waals surface area contributed by atoms with Gasteiger partial charge < -0.3 is 5.11 Å². The standard InChI is InChI=1S/C37H22Cl2O3/c38-26-11-17-31(33(39)20-26)37(42)24-9-14-28-23(18-24)8-16-30-29-15-10-25(36(41)22-4-2-1-3-5-22)19-32(29)34(35(28)30)21-6-12-27(40)13-7-21/h1-20,34,40H. The number of phenols is 1. The highest BCUT2D eigenvalue weighted by Gasteiger charge is 2.32. The Labute approximate surface area is 252 Å². The number of ketones is 2. The van der Waals surface area contributed by atoms with Crippen LogP contribution in [0.1, 0.15) is 54.5 Å². The SMILES string of the molecule is O=C(c1ccccc1)c1ccc2c(c1)C(c1ccc(O)cc1)c1c-2ccc2cc(C(=O)c3ccc(Cl)cc3Cl)ccc12. The van der Waals surface area contributed by atoms with Gasteiger partial charge >= 0.3 is 0 Å². The zero-order valence-electron chi connectivity index (χ0n) is 22.1. The van der Waals surface area contributed by atoms with Crippen LogP contribution in [0.3, 0.4) is 0 Å². The second-order valence-corrected chi connectivity index (χ2v) is 11.3. The predicted molar refractivity (Wildman–Crippen MR) is 168 cm³/mol. The average Bonchev–Trinajstić information content (AvgIpc) is 3.35. The Hall–Kier alpha value is -4.70. The number of rotatable bonds is 5. The van der Waals surface area contributed by atoms with E-state index in [1.54, 1.807) is 30.3 Å². The number of fused-ring (bicyclic) bond motifs is 5. The normalized spacial score (nSPS) is 13.5. The molecule has 1 unspecified atom stereocenters. The molecule has 0 fully saturated rings. The van der Waals surface area contributed by atoms with E-state index in [-0.39, 0.29) is 23.2 Å². The first-order valence-electron chi connectivity index (χ1n) is 13.5. The lowest BCUT2D eigenvalue weighted by Crippen LogP contribution is -2.05. The van der Waals surface area contributed by atoms with Crippen LogP contribution < -0.4 is 0 Å². The zero-order chi connectivity index (χ0) is 29.0. The van der Waals surface area contributed by atoms with E-state index in [0.717, 1.165) is 38.6 Å². The monoisotopic (exact) mass is 584 g/mol. The van der Waals surface area contributed by atoms with Gasteiger partial charge in [0.1, 0.15) is 5.75 Å². The summed E-state index contributed by atoms with van der Waals surface area (Å²) in [6, 6.07) is 37.1. The molecule has 0 saturated carbocycles. The molecular formula is C37H22Cl2O3. The van der Waals surface area contributed by atoms with Gasteiger partial charge in [-0.15, -0.1) is 0 Å². The average molecular weight is 585 g/mol. The summed E-state index contributed by atoms with van der Waals surface area (Å²) in [5, 5.41) is 12.7. The van der Waals surface area contributed by atoms with Gasteiger partial charge in [-0.1, -0.05) is 102 Å². The van der Waals surface area contributed by atoms with Crippen molar-refractivity contribution in [2.24, 2.45) is 0 Å². The van der Waals surface area contributed by atoms with Crippen LogP contribution in [-0.2, 0) is 0 Å². The van der Waals surface area contributed by atoms with Gasteiger partial charge in [0.2, 0.25) is 0 Å². The van der Waals surface area contributed by atoms with Crippen LogP contribution in [0.5, 0.6) is 5.75 Å². The molecule has 6 aromatic carbocycles. The summed E-state index contributed by atoms with van der Waals surface area (Å²) in [7, 11) is 0. The van der Waals surface area contributed by atoms with Crippen LogP contribution in [0, 0.1) is 0 Å². The van der Waals surface area contributed by atoms with Crippen molar-refractivity contribution in [2.45, 2.75) is 5.92 Å². The fourth-order valence-electron chi connectivity index (χ4n) is 5.98. The maximum atomic E-state index is 13.4. The lowest BCUT2D eigenvalue weighted by molar-refractivity contribution is 0.103. The van der Waals surface area contributed by atoms with Gasteiger partial charge in [0.05, 0.1) is 5.02 Å². The van der Waals surface area contributed by atoms with Crippen LogP contribution in [0.15, 0.2) is 121 Å². The zero-order valence-corrected chi connectivity index (χ0v) is 23.7. The molecule has 0 radical (unpaired) electrons. The lowest BCUT2D eigenvalue weighted by Gasteiger charge is -2.17. The van der Waals surface area contributed by atoms with Gasteiger partial charge in [0, 0.05) is 33.2 Å². The van der Waals surface area contributed by atoms with Gasteiger partial charge in [-0.05, 0) is 81.1 Å². The molecule has 0 spiro atoms. The van der Waals surface area contributed by atoms with Crippen molar-refractivity contribution >= 4 is 45.5 Å². The van der Waals surface area contributed by atoms with Crippen LogP contribution in [-0.4, -0.2) is 16.7 Å². The molecule has 7 rings (SSSR count). The van der Waals surface area contributed by atoms with E-state index in [2.05, 4.69) is 6.07 Å². The Morgan fingerprint density at radius 2 is 1.33 bits per heavy atom. The molecule has 202 valence electrons. The van der Waals surface area contributed by atoms with Crippen LogP contribution in [0.25, 0.3) is 21.9 Å². The maximum absolute atomic E-state index is 13.4. The van der Waals surface area contributed by atoms with Gasteiger partial charge in [-0.3, -0.25) is 9.59 Å². The van der Waals surface area contributed by atoms with E-state index < -0.39 is 0 Å². The molecule has 0 bridgehead atoms.